The maximum atomic E-state index is 11.0. The number of anilines is 1. The summed E-state index contributed by atoms with van der Waals surface area (Å²) < 4.78 is 5.64. The first-order valence-corrected chi connectivity index (χ1v) is 6.57. The van der Waals surface area contributed by atoms with Crippen molar-refractivity contribution in [1.82, 2.24) is 0 Å². The van der Waals surface area contributed by atoms with Crippen LogP contribution in [0.2, 0.25) is 0 Å². The Hall–Kier alpha value is -1.59. The molecule has 1 aromatic carbocycles. The van der Waals surface area contributed by atoms with E-state index >= 15 is 0 Å². The van der Waals surface area contributed by atoms with E-state index in [1.54, 1.807) is 18.2 Å². The maximum Gasteiger partial charge on any atom is 0.335 e. The molecule has 0 aliphatic carbocycles. The predicted octanol–water partition coefficient (Wildman–Crippen LogP) is 1.33. The van der Waals surface area contributed by atoms with E-state index in [1.807, 2.05) is 13.0 Å². The van der Waals surface area contributed by atoms with Crippen molar-refractivity contribution in [3.05, 3.63) is 29.8 Å². The van der Waals surface area contributed by atoms with Crippen LogP contribution in [-0.4, -0.2) is 42.9 Å². The quantitative estimate of drug-likeness (QED) is 0.858. The highest BCUT2D eigenvalue weighted by Gasteiger charge is 2.27. The molecule has 2 unspecified atom stereocenters. The van der Waals surface area contributed by atoms with Crippen molar-refractivity contribution in [2.75, 3.05) is 24.6 Å². The number of rotatable bonds is 4. The summed E-state index contributed by atoms with van der Waals surface area (Å²) in [4.78, 5) is 13.1. The second-order valence-corrected chi connectivity index (χ2v) is 4.75. The van der Waals surface area contributed by atoms with Crippen molar-refractivity contribution in [2.45, 2.75) is 25.5 Å². The van der Waals surface area contributed by atoms with Gasteiger partial charge in [0.1, 0.15) is 0 Å². The van der Waals surface area contributed by atoms with Crippen molar-refractivity contribution < 1.29 is 14.6 Å². The molecule has 0 bridgehead atoms. The number of carboxylic acid groups (broad SMARTS) is 1. The Balaban J connectivity index is 2.13. The van der Waals surface area contributed by atoms with Gasteiger partial charge < -0.3 is 20.5 Å². The van der Waals surface area contributed by atoms with E-state index in [1.165, 1.54) is 0 Å². The largest absolute Gasteiger partial charge is 0.478 e. The maximum absolute atomic E-state index is 11.0. The Bertz CT molecular complexity index is 450. The van der Waals surface area contributed by atoms with Crippen LogP contribution in [0.3, 0.4) is 0 Å². The molecule has 3 N–H and O–H groups in total. The zero-order valence-electron chi connectivity index (χ0n) is 11.1. The van der Waals surface area contributed by atoms with Crippen LogP contribution in [-0.2, 0) is 4.74 Å². The first-order valence-electron chi connectivity index (χ1n) is 6.57. The SMILES string of the molecule is CCOC1CN(c2cccc(C(=O)O)c2)CCC1N. The molecule has 1 saturated heterocycles. The first-order chi connectivity index (χ1) is 9.11. The predicted molar refractivity (Wildman–Crippen MR) is 73.6 cm³/mol. The summed E-state index contributed by atoms with van der Waals surface area (Å²) in [5.41, 5.74) is 7.26. The van der Waals surface area contributed by atoms with Crippen LogP contribution >= 0.6 is 0 Å². The molecule has 104 valence electrons. The van der Waals surface area contributed by atoms with Crippen molar-refractivity contribution in [3.8, 4) is 0 Å². The summed E-state index contributed by atoms with van der Waals surface area (Å²) >= 11 is 0. The van der Waals surface area contributed by atoms with Crippen molar-refractivity contribution >= 4 is 11.7 Å². The second kappa shape index (κ2) is 6.04. The van der Waals surface area contributed by atoms with E-state index < -0.39 is 5.97 Å². The van der Waals surface area contributed by atoms with Crippen LogP contribution in [0, 0.1) is 0 Å². The van der Waals surface area contributed by atoms with Gasteiger partial charge >= 0.3 is 5.97 Å². The van der Waals surface area contributed by atoms with Crippen molar-refractivity contribution in [1.29, 1.82) is 0 Å². The third kappa shape index (κ3) is 3.24. The van der Waals surface area contributed by atoms with Crippen LogP contribution in [0.25, 0.3) is 0 Å². The van der Waals surface area contributed by atoms with Gasteiger partial charge in [0.2, 0.25) is 0 Å². The van der Waals surface area contributed by atoms with Gasteiger partial charge in [0.05, 0.1) is 11.7 Å². The number of ether oxygens (including phenoxy) is 1. The number of carboxylic acids is 1. The van der Waals surface area contributed by atoms with Gasteiger partial charge in [-0.2, -0.15) is 0 Å². The lowest BCUT2D eigenvalue weighted by molar-refractivity contribution is 0.0389. The minimum atomic E-state index is -0.906. The van der Waals surface area contributed by atoms with Crippen LogP contribution in [0.1, 0.15) is 23.7 Å². The van der Waals surface area contributed by atoms with Gasteiger partial charge in [0, 0.05) is 31.4 Å². The summed E-state index contributed by atoms with van der Waals surface area (Å²) in [6.45, 7) is 4.13. The van der Waals surface area contributed by atoms with Crippen LogP contribution in [0.15, 0.2) is 24.3 Å². The first kappa shape index (κ1) is 13.8. The molecular weight excluding hydrogens is 244 g/mol. The fourth-order valence-corrected chi connectivity index (χ4v) is 2.40. The second-order valence-electron chi connectivity index (χ2n) is 4.75. The molecule has 5 heteroatoms. The Labute approximate surface area is 113 Å². The van der Waals surface area contributed by atoms with E-state index in [-0.39, 0.29) is 12.1 Å². The topological polar surface area (TPSA) is 75.8 Å². The lowest BCUT2D eigenvalue weighted by Gasteiger charge is -2.38. The van der Waals surface area contributed by atoms with E-state index in [0.717, 1.165) is 18.7 Å². The molecule has 2 rings (SSSR count). The Morgan fingerprint density at radius 3 is 3.05 bits per heavy atom. The molecule has 0 amide bonds. The number of nitrogens with zero attached hydrogens (tertiary/aromatic N) is 1. The van der Waals surface area contributed by atoms with Crippen molar-refractivity contribution in [2.24, 2.45) is 5.73 Å². The summed E-state index contributed by atoms with van der Waals surface area (Å²) in [5.74, 6) is -0.906. The lowest BCUT2D eigenvalue weighted by Crippen LogP contribution is -2.52. The molecule has 1 heterocycles. The van der Waals surface area contributed by atoms with Gasteiger partial charge in [-0.15, -0.1) is 0 Å². The van der Waals surface area contributed by atoms with Crippen molar-refractivity contribution in [3.63, 3.8) is 0 Å². The fourth-order valence-electron chi connectivity index (χ4n) is 2.40. The number of hydrogen-bond donors (Lipinski definition) is 2. The normalized spacial score (nSPS) is 23.4. The molecule has 2 atom stereocenters. The van der Waals surface area contributed by atoms with Crippen LogP contribution in [0.5, 0.6) is 0 Å². The molecule has 0 saturated carbocycles. The number of aromatic carboxylic acids is 1. The third-order valence-corrected chi connectivity index (χ3v) is 3.45. The number of benzene rings is 1. The van der Waals surface area contributed by atoms with Gasteiger partial charge in [-0.05, 0) is 31.5 Å². The Morgan fingerprint density at radius 2 is 2.37 bits per heavy atom. The summed E-state index contributed by atoms with van der Waals surface area (Å²) in [5, 5.41) is 9.02. The molecule has 19 heavy (non-hydrogen) atoms. The summed E-state index contributed by atoms with van der Waals surface area (Å²) in [7, 11) is 0. The highest BCUT2D eigenvalue weighted by molar-refractivity contribution is 5.88. The fraction of sp³-hybridized carbons (Fsp3) is 0.500. The van der Waals surface area contributed by atoms with E-state index in [0.29, 0.717) is 18.7 Å². The molecular formula is C14H20N2O3. The monoisotopic (exact) mass is 264 g/mol. The highest BCUT2D eigenvalue weighted by atomic mass is 16.5. The zero-order valence-corrected chi connectivity index (χ0v) is 11.1. The number of carbonyl (C=O) groups is 1. The molecule has 5 nitrogen and oxygen atoms in total. The van der Waals surface area contributed by atoms with Gasteiger partial charge in [0.15, 0.2) is 0 Å². The van der Waals surface area contributed by atoms with Gasteiger partial charge in [-0.25, -0.2) is 4.79 Å². The number of piperidine rings is 1. The molecule has 1 fully saturated rings. The average Bonchev–Trinajstić information content (AvgIpc) is 2.41. The Morgan fingerprint density at radius 1 is 1.58 bits per heavy atom. The van der Waals surface area contributed by atoms with E-state index in [9.17, 15) is 4.79 Å². The highest BCUT2D eigenvalue weighted by Crippen LogP contribution is 2.22. The standard InChI is InChI=1S/C14H20N2O3/c1-2-19-13-9-16(7-6-12(13)15)11-5-3-4-10(8-11)14(17)18/h3-5,8,12-13H,2,6-7,9,15H2,1H3,(H,17,18). The molecule has 0 spiro atoms. The minimum Gasteiger partial charge on any atom is -0.478 e. The smallest absolute Gasteiger partial charge is 0.335 e. The van der Waals surface area contributed by atoms with Gasteiger partial charge in [0.25, 0.3) is 0 Å². The van der Waals surface area contributed by atoms with E-state index in [4.69, 9.17) is 15.6 Å². The zero-order chi connectivity index (χ0) is 13.8. The number of nitrogens with two attached hydrogens (primary N) is 1. The molecule has 1 aliphatic heterocycles. The number of hydrogen-bond acceptors (Lipinski definition) is 4. The lowest BCUT2D eigenvalue weighted by atomic mass is 10.0. The van der Waals surface area contributed by atoms with Crippen LogP contribution in [0.4, 0.5) is 5.69 Å². The minimum absolute atomic E-state index is 0.00670. The van der Waals surface area contributed by atoms with Gasteiger partial charge in [-0.1, -0.05) is 6.07 Å². The summed E-state index contributed by atoms with van der Waals surface area (Å²) in [6, 6.07) is 7.04. The molecule has 1 aliphatic rings. The average molecular weight is 264 g/mol. The molecule has 1 aromatic rings. The molecule has 0 aromatic heterocycles. The van der Waals surface area contributed by atoms with E-state index in [2.05, 4.69) is 4.90 Å². The van der Waals surface area contributed by atoms with Crippen LogP contribution < -0.4 is 10.6 Å². The van der Waals surface area contributed by atoms with Gasteiger partial charge in [-0.3, -0.25) is 0 Å². The third-order valence-electron chi connectivity index (χ3n) is 3.45. The molecule has 0 radical (unpaired) electrons. The Kier molecular flexibility index (Phi) is 4.39. The summed E-state index contributed by atoms with van der Waals surface area (Å²) in [6.07, 6.45) is 0.856.